The first kappa shape index (κ1) is 32.2. The Kier molecular flexibility index (Phi) is 11.5. The number of ether oxygens (including phenoxy) is 1. The number of hydrogen-bond acceptors (Lipinski definition) is 7. The number of pyridine rings is 1. The van der Waals surface area contributed by atoms with E-state index in [-0.39, 0.29) is 0 Å². The summed E-state index contributed by atoms with van der Waals surface area (Å²) in [7, 11) is 0. The van der Waals surface area contributed by atoms with Crippen LogP contribution in [-0.2, 0) is 25.7 Å². The van der Waals surface area contributed by atoms with Crippen LogP contribution in [0.25, 0.3) is 0 Å². The van der Waals surface area contributed by atoms with Crippen molar-refractivity contribution in [3.8, 4) is 0 Å². The van der Waals surface area contributed by atoms with Crippen LogP contribution in [0, 0.1) is 6.92 Å². The fraction of sp³-hybridized carbons (Fsp3) is 0.652. The summed E-state index contributed by atoms with van der Waals surface area (Å²) in [6.07, 6.45) is -8.41. The topological polar surface area (TPSA) is 124 Å². The molecule has 0 spiro atoms. The van der Waals surface area contributed by atoms with Gasteiger partial charge in [0.2, 0.25) is 5.91 Å². The Hall–Kier alpha value is -2.98. The number of carbonyl (C=O) groups is 3. The van der Waals surface area contributed by atoms with Gasteiger partial charge < -0.3 is 19.8 Å². The van der Waals surface area contributed by atoms with E-state index in [1.54, 1.807) is 0 Å². The van der Waals surface area contributed by atoms with E-state index < -0.39 is 24.3 Å². The first-order valence-corrected chi connectivity index (χ1v) is 12.0. The molecule has 39 heavy (non-hydrogen) atoms. The van der Waals surface area contributed by atoms with E-state index in [0.29, 0.717) is 24.4 Å². The molecular weight excluding hydrogens is 542 g/mol. The molecule has 1 amide bonds. The van der Waals surface area contributed by atoms with Gasteiger partial charge in [-0.05, 0) is 25.5 Å². The lowest BCUT2D eigenvalue weighted by Gasteiger charge is -2.30. The molecule has 4 rings (SSSR count). The number of halogens is 6. The van der Waals surface area contributed by atoms with Crippen LogP contribution in [0.2, 0.25) is 0 Å². The third-order valence-electron chi connectivity index (χ3n) is 6.29. The summed E-state index contributed by atoms with van der Waals surface area (Å²) in [5, 5.41) is 14.2. The van der Waals surface area contributed by atoms with Crippen molar-refractivity contribution >= 4 is 17.8 Å². The molecule has 4 heterocycles. The van der Waals surface area contributed by atoms with Gasteiger partial charge in [0.1, 0.15) is 0 Å². The lowest BCUT2D eigenvalue weighted by molar-refractivity contribution is -0.193. The van der Waals surface area contributed by atoms with Crippen molar-refractivity contribution < 1.29 is 55.7 Å². The van der Waals surface area contributed by atoms with E-state index in [1.807, 2.05) is 13.0 Å². The highest BCUT2D eigenvalue weighted by atomic mass is 19.4. The molecule has 220 valence electrons. The Labute approximate surface area is 220 Å². The van der Waals surface area contributed by atoms with Crippen molar-refractivity contribution in [3.05, 3.63) is 29.6 Å². The Bertz CT molecular complexity index is 963. The van der Waals surface area contributed by atoms with E-state index in [2.05, 4.69) is 31.8 Å². The van der Waals surface area contributed by atoms with Crippen LogP contribution in [-0.4, -0.2) is 118 Å². The molecule has 0 unspecified atom stereocenters. The Morgan fingerprint density at radius 2 is 1.54 bits per heavy atom. The van der Waals surface area contributed by atoms with Crippen molar-refractivity contribution in [1.29, 1.82) is 0 Å². The van der Waals surface area contributed by atoms with E-state index >= 15 is 0 Å². The predicted octanol–water partition coefficient (Wildman–Crippen LogP) is 2.16. The average molecular weight is 573 g/mol. The normalized spacial score (nSPS) is 21.9. The highest BCUT2D eigenvalue weighted by molar-refractivity contribution is 5.80. The molecular formula is C23H30F6N4O6. The van der Waals surface area contributed by atoms with Crippen LogP contribution in [0.1, 0.15) is 24.2 Å². The lowest BCUT2D eigenvalue weighted by Crippen LogP contribution is -2.44. The Morgan fingerprint density at radius 3 is 2.05 bits per heavy atom. The summed E-state index contributed by atoms with van der Waals surface area (Å²) < 4.78 is 68.9. The largest absolute Gasteiger partial charge is 0.490 e. The second-order valence-corrected chi connectivity index (χ2v) is 9.02. The van der Waals surface area contributed by atoms with Gasteiger partial charge in [0.25, 0.3) is 0 Å². The van der Waals surface area contributed by atoms with Gasteiger partial charge >= 0.3 is 24.3 Å². The average Bonchev–Trinajstić information content (AvgIpc) is 3.36. The quantitative estimate of drug-likeness (QED) is 0.511. The molecule has 3 saturated heterocycles. The van der Waals surface area contributed by atoms with Crippen molar-refractivity contribution in [2.24, 2.45) is 0 Å². The molecule has 0 aromatic carbocycles. The van der Waals surface area contributed by atoms with Crippen LogP contribution >= 0.6 is 0 Å². The molecule has 3 aliphatic heterocycles. The molecule has 10 nitrogen and oxygen atoms in total. The molecule has 0 saturated carbocycles. The third kappa shape index (κ3) is 10.3. The van der Waals surface area contributed by atoms with Gasteiger partial charge in [-0.2, -0.15) is 26.3 Å². The molecule has 1 aromatic heterocycles. The van der Waals surface area contributed by atoms with Gasteiger partial charge in [-0.1, -0.05) is 6.07 Å². The number of aryl methyl sites for hydroxylation is 1. The summed E-state index contributed by atoms with van der Waals surface area (Å²) in [6, 6.07) is 6.94. The van der Waals surface area contributed by atoms with Crippen molar-refractivity contribution in [1.82, 2.24) is 19.7 Å². The minimum absolute atomic E-state index is 0.324. The number of carbonyl (C=O) groups excluding carboxylic acids is 1. The number of carboxylic acids is 2. The summed E-state index contributed by atoms with van der Waals surface area (Å²) >= 11 is 0. The van der Waals surface area contributed by atoms with E-state index in [0.717, 1.165) is 70.3 Å². The third-order valence-corrected chi connectivity index (χ3v) is 6.29. The number of aliphatic carboxylic acids is 2. The summed E-state index contributed by atoms with van der Waals surface area (Å²) in [5.74, 6) is -5.19. The minimum atomic E-state index is -5.08. The molecule has 0 aliphatic carbocycles. The number of carboxylic acid groups (broad SMARTS) is 2. The number of alkyl halides is 6. The monoisotopic (exact) mass is 572 g/mol. The lowest BCUT2D eigenvalue weighted by atomic mass is 10.1. The Balaban J connectivity index is 0.000000317. The van der Waals surface area contributed by atoms with Gasteiger partial charge in [-0.15, -0.1) is 0 Å². The number of aromatic nitrogens is 1. The first-order valence-electron chi connectivity index (χ1n) is 12.0. The molecule has 16 heteroatoms. The van der Waals surface area contributed by atoms with Gasteiger partial charge in [0.15, 0.2) is 0 Å². The fourth-order valence-corrected chi connectivity index (χ4v) is 4.47. The zero-order valence-corrected chi connectivity index (χ0v) is 21.0. The number of nitrogens with zero attached hydrogens (tertiary/aromatic N) is 4. The molecule has 3 fully saturated rings. The molecule has 2 atom stereocenters. The summed E-state index contributed by atoms with van der Waals surface area (Å²) in [5.41, 5.74) is 2.17. The van der Waals surface area contributed by atoms with Gasteiger partial charge in [0.05, 0.1) is 18.9 Å². The number of fused-ring (bicyclic) bond motifs is 1. The molecule has 1 aromatic rings. The predicted molar refractivity (Wildman–Crippen MR) is 123 cm³/mol. The zero-order chi connectivity index (χ0) is 29.4. The second kappa shape index (κ2) is 13.9. The molecule has 2 N–H and O–H groups in total. The van der Waals surface area contributed by atoms with Crippen LogP contribution < -0.4 is 0 Å². The van der Waals surface area contributed by atoms with Crippen molar-refractivity contribution in [2.75, 3.05) is 45.9 Å². The van der Waals surface area contributed by atoms with Crippen LogP contribution in [0.4, 0.5) is 26.3 Å². The standard InChI is InChI=1S/C19H28N4O2.2C2HF3O2/c1-15-3-2-4-16(20-15)14-22-6-5-17-18(22)13-19(24)23(17)8-7-21-9-11-25-12-10-21;2*3-2(4,5)1(6)7/h2-4,17-18H,5-14H2,1H3;2*(H,6,7)/t17-,18+;;/m0../s1. The Morgan fingerprint density at radius 1 is 0.974 bits per heavy atom. The van der Waals surface area contributed by atoms with Gasteiger partial charge in [0, 0.05) is 63.5 Å². The van der Waals surface area contributed by atoms with Crippen molar-refractivity contribution in [2.45, 2.75) is 50.7 Å². The minimum Gasteiger partial charge on any atom is -0.475 e. The van der Waals surface area contributed by atoms with E-state index in [1.165, 1.54) is 0 Å². The number of hydrogen-bond donors (Lipinski definition) is 2. The summed E-state index contributed by atoms with van der Waals surface area (Å²) in [4.78, 5) is 42.0. The van der Waals surface area contributed by atoms with E-state index in [9.17, 15) is 31.1 Å². The summed E-state index contributed by atoms with van der Waals surface area (Å²) in [6.45, 7) is 9.38. The molecule has 0 bridgehead atoms. The zero-order valence-electron chi connectivity index (χ0n) is 21.0. The van der Waals surface area contributed by atoms with Crippen LogP contribution in [0.5, 0.6) is 0 Å². The van der Waals surface area contributed by atoms with Gasteiger partial charge in [-0.3, -0.25) is 19.6 Å². The maximum atomic E-state index is 12.6. The second-order valence-electron chi connectivity index (χ2n) is 9.02. The first-order chi connectivity index (χ1) is 18.1. The fourth-order valence-electron chi connectivity index (χ4n) is 4.47. The van der Waals surface area contributed by atoms with E-state index in [4.69, 9.17) is 24.5 Å². The molecule has 3 aliphatic rings. The van der Waals surface area contributed by atoms with Crippen molar-refractivity contribution in [3.63, 3.8) is 0 Å². The maximum Gasteiger partial charge on any atom is 0.490 e. The number of morpholine rings is 1. The number of amides is 1. The van der Waals surface area contributed by atoms with Crippen LogP contribution in [0.3, 0.4) is 0 Å². The van der Waals surface area contributed by atoms with Crippen LogP contribution in [0.15, 0.2) is 18.2 Å². The maximum absolute atomic E-state index is 12.6. The SMILES string of the molecule is Cc1cccc(CN2CC[C@H]3[C@H]2CC(=O)N3CCN2CCOCC2)n1.O=C(O)C(F)(F)F.O=C(O)C(F)(F)F. The number of rotatable bonds is 5. The smallest absolute Gasteiger partial charge is 0.475 e. The highest BCUT2D eigenvalue weighted by Crippen LogP contribution is 2.33. The number of likely N-dealkylation sites (tertiary alicyclic amines) is 2. The molecule has 0 radical (unpaired) electrons. The van der Waals surface area contributed by atoms with Gasteiger partial charge in [-0.25, -0.2) is 9.59 Å². The highest BCUT2D eigenvalue weighted by Gasteiger charge is 2.46.